The molecule has 5 aromatic rings. The van der Waals surface area contributed by atoms with Gasteiger partial charge in [-0.05, 0) is 36.6 Å². The Bertz CT molecular complexity index is 1590. The standard InChI is InChI=1S/C25H19F3N6O/c1-14-31-21(22-23(29)30-11-12-34(14)22)19-9-10-20(18-8-3-2-7-17(18)19)33-24(35)32-16-6-4-5-15(13-16)25(26,27)28/h2-13H,1H3,(H2,29,30)(H2,32,33,35). The second-order valence-corrected chi connectivity index (χ2v) is 7.90. The molecule has 0 unspecified atom stereocenters. The van der Waals surface area contributed by atoms with E-state index in [0.29, 0.717) is 22.7 Å². The van der Waals surface area contributed by atoms with E-state index in [0.717, 1.165) is 34.3 Å². The van der Waals surface area contributed by atoms with Gasteiger partial charge >= 0.3 is 12.2 Å². The minimum Gasteiger partial charge on any atom is -0.382 e. The van der Waals surface area contributed by atoms with E-state index in [2.05, 4.69) is 15.6 Å². The SMILES string of the molecule is Cc1nc(-c2ccc(NC(=O)Nc3cccc(C(F)(F)F)c3)c3ccccc23)c2c(N)nccn12. The lowest BCUT2D eigenvalue weighted by molar-refractivity contribution is -0.137. The van der Waals surface area contributed by atoms with Crippen molar-refractivity contribution in [1.82, 2.24) is 14.4 Å². The first kappa shape index (κ1) is 22.2. The van der Waals surface area contributed by atoms with Gasteiger partial charge in [0.15, 0.2) is 0 Å². The highest BCUT2D eigenvalue weighted by Crippen LogP contribution is 2.36. The third-order valence-corrected chi connectivity index (χ3v) is 5.63. The van der Waals surface area contributed by atoms with E-state index >= 15 is 0 Å². The average molecular weight is 476 g/mol. The second-order valence-electron chi connectivity index (χ2n) is 7.90. The van der Waals surface area contributed by atoms with Gasteiger partial charge < -0.3 is 16.4 Å². The van der Waals surface area contributed by atoms with Gasteiger partial charge in [-0.1, -0.05) is 36.4 Å². The number of halogens is 3. The number of nitrogens with zero attached hydrogens (tertiary/aromatic N) is 3. The normalized spacial score (nSPS) is 11.7. The summed E-state index contributed by atoms with van der Waals surface area (Å²) in [5.41, 5.74) is 7.96. The zero-order valence-corrected chi connectivity index (χ0v) is 18.4. The van der Waals surface area contributed by atoms with Crippen molar-refractivity contribution in [3.05, 3.63) is 84.4 Å². The molecular weight excluding hydrogens is 457 g/mol. The zero-order valence-electron chi connectivity index (χ0n) is 18.4. The van der Waals surface area contributed by atoms with Crippen molar-refractivity contribution >= 4 is 39.5 Å². The number of nitrogens with one attached hydrogen (secondary N) is 2. The molecule has 2 aromatic heterocycles. The number of rotatable bonds is 3. The van der Waals surface area contributed by atoms with E-state index in [1.54, 1.807) is 18.5 Å². The molecule has 2 amide bonds. The van der Waals surface area contributed by atoms with Gasteiger partial charge in [0.2, 0.25) is 0 Å². The smallest absolute Gasteiger partial charge is 0.382 e. The number of amides is 2. The molecule has 0 aliphatic carbocycles. The predicted octanol–water partition coefficient (Wildman–Crippen LogP) is 6.10. The number of urea groups is 1. The van der Waals surface area contributed by atoms with Crippen LogP contribution in [0.4, 0.5) is 35.2 Å². The highest BCUT2D eigenvalue weighted by Gasteiger charge is 2.30. The van der Waals surface area contributed by atoms with E-state index in [1.807, 2.05) is 41.7 Å². The van der Waals surface area contributed by atoms with Crippen molar-refractivity contribution < 1.29 is 18.0 Å². The van der Waals surface area contributed by atoms with Crippen molar-refractivity contribution in [2.45, 2.75) is 13.1 Å². The quantitative estimate of drug-likeness (QED) is 0.293. The largest absolute Gasteiger partial charge is 0.416 e. The Morgan fingerprint density at radius 2 is 1.77 bits per heavy atom. The summed E-state index contributed by atoms with van der Waals surface area (Å²) in [7, 11) is 0. The molecule has 0 saturated heterocycles. The van der Waals surface area contributed by atoms with Crippen LogP contribution in [0.5, 0.6) is 0 Å². The number of imidazole rings is 1. The molecule has 35 heavy (non-hydrogen) atoms. The van der Waals surface area contributed by atoms with Crippen LogP contribution in [-0.4, -0.2) is 20.4 Å². The van der Waals surface area contributed by atoms with Crippen molar-refractivity contribution in [3.8, 4) is 11.3 Å². The Hall–Kier alpha value is -4.60. The molecule has 0 aliphatic rings. The fourth-order valence-corrected chi connectivity index (χ4v) is 4.07. The number of nitrogen functional groups attached to an aromatic ring is 1. The highest BCUT2D eigenvalue weighted by atomic mass is 19.4. The van der Waals surface area contributed by atoms with Crippen LogP contribution in [0.3, 0.4) is 0 Å². The molecule has 0 atom stereocenters. The molecule has 0 spiro atoms. The summed E-state index contributed by atoms with van der Waals surface area (Å²) in [6.45, 7) is 1.87. The van der Waals surface area contributed by atoms with Crippen LogP contribution < -0.4 is 16.4 Å². The number of nitrogens with two attached hydrogens (primary N) is 1. The Labute approximate surface area is 197 Å². The Balaban J connectivity index is 1.51. The lowest BCUT2D eigenvalue weighted by Crippen LogP contribution is -2.20. The molecule has 3 aromatic carbocycles. The molecule has 7 nitrogen and oxygen atoms in total. The number of carbonyl (C=O) groups excluding carboxylic acids is 1. The molecule has 176 valence electrons. The number of hydrogen-bond acceptors (Lipinski definition) is 4. The Kier molecular flexibility index (Phi) is 5.28. The Morgan fingerprint density at radius 1 is 1.00 bits per heavy atom. The van der Waals surface area contributed by atoms with Crippen molar-refractivity contribution in [3.63, 3.8) is 0 Å². The number of benzene rings is 3. The third-order valence-electron chi connectivity index (χ3n) is 5.63. The van der Waals surface area contributed by atoms with Crippen LogP contribution in [0.2, 0.25) is 0 Å². The zero-order chi connectivity index (χ0) is 24.7. The van der Waals surface area contributed by atoms with Crippen LogP contribution in [0.1, 0.15) is 11.4 Å². The lowest BCUT2D eigenvalue weighted by Gasteiger charge is -2.14. The fraction of sp³-hybridized carbons (Fsp3) is 0.0800. The van der Waals surface area contributed by atoms with Crippen LogP contribution in [0, 0.1) is 6.92 Å². The number of carbonyl (C=O) groups is 1. The number of aryl methyl sites for hydroxylation is 1. The predicted molar refractivity (Wildman–Crippen MR) is 129 cm³/mol. The van der Waals surface area contributed by atoms with Crippen molar-refractivity contribution in [1.29, 1.82) is 0 Å². The molecule has 4 N–H and O–H groups in total. The maximum atomic E-state index is 13.0. The van der Waals surface area contributed by atoms with Gasteiger partial charge in [0, 0.05) is 29.0 Å². The van der Waals surface area contributed by atoms with E-state index in [4.69, 9.17) is 10.7 Å². The van der Waals surface area contributed by atoms with Crippen LogP contribution in [0.15, 0.2) is 73.1 Å². The number of anilines is 3. The van der Waals surface area contributed by atoms with Gasteiger partial charge in [0.25, 0.3) is 0 Å². The molecule has 0 fully saturated rings. The molecule has 2 heterocycles. The van der Waals surface area contributed by atoms with Crippen molar-refractivity contribution in [2.75, 3.05) is 16.4 Å². The van der Waals surface area contributed by atoms with E-state index < -0.39 is 17.8 Å². The van der Waals surface area contributed by atoms with Crippen LogP contribution in [0.25, 0.3) is 27.5 Å². The second kappa shape index (κ2) is 8.32. The number of aromatic nitrogens is 3. The highest BCUT2D eigenvalue weighted by molar-refractivity contribution is 6.10. The Morgan fingerprint density at radius 3 is 2.54 bits per heavy atom. The van der Waals surface area contributed by atoms with Gasteiger partial charge in [-0.25, -0.2) is 14.8 Å². The molecule has 5 rings (SSSR count). The van der Waals surface area contributed by atoms with E-state index in [1.165, 1.54) is 12.1 Å². The first-order chi connectivity index (χ1) is 16.7. The molecule has 0 radical (unpaired) electrons. The monoisotopic (exact) mass is 476 g/mol. The molecule has 0 aliphatic heterocycles. The summed E-state index contributed by atoms with van der Waals surface area (Å²) in [5, 5.41) is 6.73. The van der Waals surface area contributed by atoms with Gasteiger partial charge in [0.1, 0.15) is 22.9 Å². The fourth-order valence-electron chi connectivity index (χ4n) is 4.07. The molecule has 10 heteroatoms. The summed E-state index contributed by atoms with van der Waals surface area (Å²) in [4.78, 5) is 21.5. The van der Waals surface area contributed by atoms with E-state index in [9.17, 15) is 18.0 Å². The van der Waals surface area contributed by atoms with Crippen LogP contribution >= 0.6 is 0 Å². The topological polar surface area (TPSA) is 97.3 Å². The summed E-state index contributed by atoms with van der Waals surface area (Å²) >= 11 is 0. The molecule has 0 bridgehead atoms. The van der Waals surface area contributed by atoms with Gasteiger partial charge in [-0.3, -0.25) is 4.40 Å². The first-order valence-corrected chi connectivity index (χ1v) is 10.6. The molecule has 0 saturated carbocycles. The maximum Gasteiger partial charge on any atom is 0.416 e. The minimum absolute atomic E-state index is 0.0289. The summed E-state index contributed by atoms with van der Waals surface area (Å²) in [6, 6.07) is 14.7. The van der Waals surface area contributed by atoms with E-state index in [-0.39, 0.29) is 5.69 Å². The van der Waals surface area contributed by atoms with Gasteiger partial charge in [-0.15, -0.1) is 0 Å². The van der Waals surface area contributed by atoms with Crippen molar-refractivity contribution in [2.24, 2.45) is 0 Å². The number of fused-ring (bicyclic) bond motifs is 2. The molecular formula is C25H19F3N6O. The van der Waals surface area contributed by atoms with Gasteiger partial charge in [0.05, 0.1) is 11.3 Å². The van der Waals surface area contributed by atoms with Gasteiger partial charge in [-0.2, -0.15) is 13.2 Å². The number of alkyl halides is 3. The summed E-state index contributed by atoms with van der Waals surface area (Å²) in [5.74, 6) is 1.09. The maximum absolute atomic E-state index is 13.0. The van der Waals surface area contributed by atoms with Crippen LogP contribution in [-0.2, 0) is 6.18 Å². The first-order valence-electron chi connectivity index (χ1n) is 10.6. The minimum atomic E-state index is -4.51. The summed E-state index contributed by atoms with van der Waals surface area (Å²) in [6.07, 6.45) is -1.11. The number of hydrogen-bond donors (Lipinski definition) is 3. The lowest BCUT2D eigenvalue weighted by atomic mass is 10.00. The third kappa shape index (κ3) is 4.10. The summed E-state index contributed by atoms with van der Waals surface area (Å²) < 4.78 is 40.8. The average Bonchev–Trinajstić information content (AvgIpc) is 3.16.